The van der Waals surface area contributed by atoms with Crippen LogP contribution in [0.1, 0.15) is 44.9 Å². The number of benzene rings is 1. The third-order valence-corrected chi connectivity index (χ3v) is 8.93. The molecule has 4 aliphatic carbocycles. The van der Waals surface area contributed by atoms with Crippen LogP contribution in [0.15, 0.2) is 41.8 Å². The molecular formula is C24H29N3O5S. The zero-order valence-electron chi connectivity index (χ0n) is 18.5. The van der Waals surface area contributed by atoms with Gasteiger partial charge in [0, 0.05) is 6.54 Å². The molecule has 1 unspecified atom stereocenters. The van der Waals surface area contributed by atoms with E-state index in [4.69, 9.17) is 5.14 Å². The lowest BCUT2D eigenvalue weighted by Crippen LogP contribution is -2.57. The third-order valence-electron chi connectivity index (χ3n) is 8.00. The Balaban J connectivity index is 1.41. The second-order valence-electron chi connectivity index (χ2n) is 10.3. The maximum Gasteiger partial charge on any atom is 0.257 e. The van der Waals surface area contributed by atoms with Crippen molar-refractivity contribution < 1.29 is 22.8 Å². The van der Waals surface area contributed by atoms with Crippen molar-refractivity contribution >= 4 is 33.4 Å². The van der Waals surface area contributed by atoms with Gasteiger partial charge in [-0.15, -0.1) is 6.58 Å². The Morgan fingerprint density at radius 2 is 1.64 bits per heavy atom. The third kappa shape index (κ3) is 3.71. The molecule has 9 heteroatoms. The number of amides is 3. The Bertz CT molecular complexity index is 1090. The van der Waals surface area contributed by atoms with Crippen molar-refractivity contribution in [3.8, 4) is 0 Å². The average molecular weight is 472 g/mol. The first-order valence-corrected chi connectivity index (χ1v) is 13.1. The van der Waals surface area contributed by atoms with E-state index < -0.39 is 33.3 Å². The number of hydrogen-bond donors (Lipinski definition) is 1. The van der Waals surface area contributed by atoms with Crippen LogP contribution < -0.4 is 10.0 Å². The number of imide groups is 1. The first-order chi connectivity index (χ1) is 15.6. The van der Waals surface area contributed by atoms with Crippen molar-refractivity contribution in [3.63, 3.8) is 0 Å². The minimum absolute atomic E-state index is 0.0147. The van der Waals surface area contributed by atoms with E-state index in [0.29, 0.717) is 17.8 Å². The van der Waals surface area contributed by atoms with Crippen molar-refractivity contribution in [3.05, 3.63) is 36.9 Å². The molecule has 1 saturated heterocycles. The van der Waals surface area contributed by atoms with E-state index in [1.807, 2.05) is 0 Å². The van der Waals surface area contributed by atoms with Gasteiger partial charge in [-0.1, -0.05) is 6.08 Å². The van der Waals surface area contributed by atoms with E-state index in [0.717, 1.165) is 24.2 Å². The molecule has 1 heterocycles. The SMILES string of the molecule is C=CCN(C(=O)C12CC3CC(CC(C3)C1)C2)C1CC(=O)N(c2ccc(S(N)(=O)=O)cc2)C1=O. The summed E-state index contributed by atoms with van der Waals surface area (Å²) in [5.41, 5.74) is -0.160. The monoisotopic (exact) mass is 471 g/mol. The smallest absolute Gasteiger partial charge is 0.257 e. The molecule has 5 fully saturated rings. The second-order valence-corrected chi connectivity index (χ2v) is 11.8. The van der Waals surface area contributed by atoms with Gasteiger partial charge in [0.2, 0.25) is 21.8 Å². The predicted octanol–water partition coefficient (Wildman–Crippen LogP) is 2.20. The van der Waals surface area contributed by atoms with Gasteiger partial charge in [-0.25, -0.2) is 18.5 Å². The van der Waals surface area contributed by atoms with Crippen molar-refractivity contribution in [1.82, 2.24) is 4.90 Å². The Morgan fingerprint density at radius 1 is 1.09 bits per heavy atom. The summed E-state index contributed by atoms with van der Waals surface area (Å²) in [4.78, 5) is 42.7. The first kappa shape index (κ1) is 22.3. The van der Waals surface area contributed by atoms with Gasteiger partial charge in [0.05, 0.1) is 22.4 Å². The van der Waals surface area contributed by atoms with Crippen LogP contribution >= 0.6 is 0 Å². The van der Waals surface area contributed by atoms with Gasteiger partial charge in [-0.3, -0.25) is 14.4 Å². The summed E-state index contributed by atoms with van der Waals surface area (Å²) >= 11 is 0. The highest BCUT2D eigenvalue weighted by molar-refractivity contribution is 7.89. The van der Waals surface area contributed by atoms with Crippen molar-refractivity contribution in [1.29, 1.82) is 0 Å². The molecule has 1 aromatic carbocycles. The number of nitrogens with two attached hydrogens (primary N) is 1. The number of primary sulfonamides is 1. The number of carbonyl (C=O) groups is 3. The molecule has 1 aromatic rings. The number of hydrogen-bond acceptors (Lipinski definition) is 5. The fourth-order valence-electron chi connectivity index (χ4n) is 7.08. The standard InChI is InChI=1S/C24H29N3O5S/c1-2-7-26(23(30)24-12-15-8-16(13-24)10-17(9-15)14-24)20-11-21(28)27(22(20)29)18-3-5-19(6-4-18)33(25,31)32/h2-6,15-17,20H,1,7-14H2,(H2,25,31,32). The first-order valence-electron chi connectivity index (χ1n) is 11.5. The maximum atomic E-state index is 13.9. The van der Waals surface area contributed by atoms with Gasteiger partial charge < -0.3 is 4.90 Å². The topological polar surface area (TPSA) is 118 Å². The van der Waals surface area contributed by atoms with Crippen LogP contribution in [0.25, 0.3) is 0 Å². The van der Waals surface area contributed by atoms with E-state index in [1.165, 1.54) is 43.5 Å². The molecule has 8 nitrogen and oxygen atoms in total. The quantitative estimate of drug-likeness (QED) is 0.504. The van der Waals surface area contributed by atoms with Crippen LogP contribution in [0.4, 0.5) is 5.69 Å². The van der Waals surface area contributed by atoms with Crippen LogP contribution in [0.3, 0.4) is 0 Å². The Morgan fingerprint density at radius 3 is 2.12 bits per heavy atom. The minimum atomic E-state index is -3.89. The summed E-state index contributed by atoms with van der Waals surface area (Å²) in [6.07, 6.45) is 7.75. The fraction of sp³-hybridized carbons (Fsp3) is 0.542. The molecule has 0 radical (unpaired) electrons. The zero-order chi connectivity index (χ0) is 23.5. The molecule has 2 N–H and O–H groups in total. The fourth-order valence-corrected chi connectivity index (χ4v) is 7.60. The largest absolute Gasteiger partial charge is 0.326 e. The van der Waals surface area contributed by atoms with Crippen LogP contribution in [-0.4, -0.2) is 43.6 Å². The summed E-state index contributed by atoms with van der Waals surface area (Å²) in [6.45, 7) is 3.99. The summed E-state index contributed by atoms with van der Waals surface area (Å²) in [6, 6.07) is 4.42. The minimum Gasteiger partial charge on any atom is -0.326 e. The molecule has 0 spiro atoms. The van der Waals surface area contributed by atoms with Crippen LogP contribution in [-0.2, 0) is 24.4 Å². The lowest BCUT2D eigenvalue weighted by Gasteiger charge is -2.56. The average Bonchev–Trinajstić information content (AvgIpc) is 3.03. The lowest BCUT2D eigenvalue weighted by molar-refractivity contribution is -0.160. The molecule has 33 heavy (non-hydrogen) atoms. The number of nitrogens with zero attached hydrogens (tertiary/aromatic N) is 2. The van der Waals surface area contributed by atoms with Gasteiger partial charge in [0.1, 0.15) is 6.04 Å². The highest BCUT2D eigenvalue weighted by Crippen LogP contribution is 2.60. The lowest BCUT2D eigenvalue weighted by atomic mass is 9.49. The Labute approximate surface area is 193 Å². The van der Waals surface area contributed by atoms with Crippen LogP contribution in [0.5, 0.6) is 0 Å². The number of sulfonamides is 1. The van der Waals surface area contributed by atoms with E-state index in [1.54, 1.807) is 11.0 Å². The molecule has 6 rings (SSSR count). The molecule has 4 bridgehead atoms. The van der Waals surface area contributed by atoms with Crippen LogP contribution in [0, 0.1) is 23.2 Å². The molecule has 5 aliphatic rings. The summed E-state index contributed by atoms with van der Waals surface area (Å²) in [5, 5.41) is 5.14. The van der Waals surface area contributed by atoms with E-state index in [-0.39, 0.29) is 29.5 Å². The molecule has 0 aromatic heterocycles. The molecule has 3 amide bonds. The normalized spacial score (nSPS) is 32.9. The molecule has 4 saturated carbocycles. The summed E-state index contributed by atoms with van der Waals surface area (Å²) in [5.74, 6) is 0.852. The number of carbonyl (C=O) groups excluding carboxylic acids is 3. The zero-order valence-corrected chi connectivity index (χ0v) is 19.3. The van der Waals surface area contributed by atoms with Gasteiger partial charge >= 0.3 is 0 Å². The summed E-state index contributed by atoms with van der Waals surface area (Å²) < 4.78 is 23.0. The van der Waals surface area contributed by atoms with Gasteiger partial charge in [0.25, 0.3) is 5.91 Å². The molecule has 176 valence electrons. The highest BCUT2D eigenvalue weighted by Gasteiger charge is 2.57. The van der Waals surface area contributed by atoms with Crippen LogP contribution in [0.2, 0.25) is 0 Å². The van der Waals surface area contributed by atoms with Crippen molar-refractivity contribution in [2.75, 3.05) is 11.4 Å². The van der Waals surface area contributed by atoms with E-state index in [2.05, 4.69) is 6.58 Å². The summed E-state index contributed by atoms with van der Waals surface area (Å²) in [7, 11) is -3.89. The Hall–Kier alpha value is -2.52. The van der Waals surface area contributed by atoms with E-state index >= 15 is 0 Å². The molecular weight excluding hydrogens is 442 g/mol. The van der Waals surface area contributed by atoms with Crippen molar-refractivity contribution in [2.45, 2.75) is 55.9 Å². The van der Waals surface area contributed by atoms with E-state index in [9.17, 15) is 22.8 Å². The van der Waals surface area contributed by atoms with Gasteiger partial charge in [-0.05, 0) is 80.5 Å². The second kappa shape index (κ2) is 7.77. The van der Waals surface area contributed by atoms with Gasteiger partial charge in [-0.2, -0.15) is 0 Å². The Kier molecular flexibility index (Phi) is 5.25. The number of anilines is 1. The molecule has 1 atom stereocenters. The predicted molar refractivity (Wildman–Crippen MR) is 121 cm³/mol. The number of rotatable bonds is 6. The molecule has 1 aliphatic heterocycles. The maximum absolute atomic E-state index is 13.9. The highest BCUT2D eigenvalue weighted by atomic mass is 32.2. The van der Waals surface area contributed by atoms with Gasteiger partial charge in [0.15, 0.2) is 0 Å². The van der Waals surface area contributed by atoms with Crippen molar-refractivity contribution in [2.24, 2.45) is 28.3 Å².